The lowest BCUT2D eigenvalue weighted by Crippen LogP contribution is -3.00. The fourth-order valence-electron chi connectivity index (χ4n) is 15.2. The minimum absolute atomic E-state index is 0. The van der Waals surface area contributed by atoms with Crippen molar-refractivity contribution in [2.45, 2.75) is 166 Å². The number of ether oxygens (including phenoxy) is 4. The molecular formula is C89H99Cl2N9O4. The number of aromatic nitrogens is 4. The second-order valence-corrected chi connectivity index (χ2v) is 30.9. The Balaban J connectivity index is 0.000000126. The molecule has 2 spiro atoms. The van der Waals surface area contributed by atoms with Crippen molar-refractivity contribution in [1.82, 2.24) is 25.1 Å². The number of para-hydroxylation sites is 2. The average Bonchev–Trinajstić information content (AvgIpc) is 1.52. The van der Waals surface area contributed by atoms with Gasteiger partial charge in [-0.05, 0) is 152 Å². The molecule has 0 amide bonds. The lowest BCUT2D eigenvalue weighted by molar-refractivity contribution is -0.425. The van der Waals surface area contributed by atoms with Crippen LogP contribution in [0.2, 0.25) is 5.15 Å². The third-order valence-corrected chi connectivity index (χ3v) is 21.6. The first kappa shape index (κ1) is 72.3. The summed E-state index contributed by atoms with van der Waals surface area (Å²) in [6.07, 6.45) is 16.2. The van der Waals surface area contributed by atoms with Crippen molar-refractivity contribution < 1.29 is 35.9 Å². The summed E-state index contributed by atoms with van der Waals surface area (Å²) >= 11 is 6.37. The molecule has 10 aromatic rings. The van der Waals surface area contributed by atoms with E-state index in [1.165, 1.54) is 83.3 Å². The molecule has 18 rings (SSSR count). The molecule has 0 bridgehead atoms. The van der Waals surface area contributed by atoms with Crippen LogP contribution in [0.1, 0.15) is 186 Å². The smallest absolute Gasteiger partial charge is 0.244 e. The maximum absolute atomic E-state index is 6.37. The van der Waals surface area contributed by atoms with Gasteiger partial charge in [0.1, 0.15) is 58.2 Å². The normalized spacial score (nSPS) is 17.5. The van der Waals surface area contributed by atoms with Gasteiger partial charge in [-0.15, -0.1) is 0 Å². The van der Waals surface area contributed by atoms with Crippen LogP contribution in [-0.4, -0.2) is 112 Å². The summed E-state index contributed by atoms with van der Waals surface area (Å²) in [5.74, 6) is 4.91. The van der Waals surface area contributed by atoms with E-state index in [-0.39, 0.29) is 18.0 Å². The molecule has 538 valence electrons. The number of fused-ring (bicyclic) bond motifs is 2. The first-order valence-electron chi connectivity index (χ1n) is 37.8. The van der Waals surface area contributed by atoms with Crippen molar-refractivity contribution in [2.75, 3.05) is 62.3 Å². The molecule has 4 saturated carbocycles. The van der Waals surface area contributed by atoms with Crippen LogP contribution < -0.4 is 37.0 Å². The molecular weight excluding hydrogens is 1330 g/mol. The van der Waals surface area contributed by atoms with Gasteiger partial charge in [-0.3, -0.25) is 4.99 Å². The zero-order valence-electron chi connectivity index (χ0n) is 61.6. The van der Waals surface area contributed by atoms with Crippen LogP contribution in [0.3, 0.4) is 0 Å². The van der Waals surface area contributed by atoms with Gasteiger partial charge in [0.25, 0.3) is 0 Å². The van der Waals surface area contributed by atoms with E-state index in [0.717, 1.165) is 139 Å². The van der Waals surface area contributed by atoms with E-state index >= 15 is 0 Å². The predicted octanol–water partition coefficient (Wildman–Crippen LogP) is 16.0. The number of nitrogens with one attached hydrogen (secondary N) is 1. The van der Waals surface area contributed by atoms with Gasteiger partial charge in [0.05, 0.1) is 54.4 Å². The molecule has 0 atom stereocenters. The molecule has 3 aromatic heterocycles. The van der Waals surface area contributed by atoms with Gasteiger partial charge in [-0.2, -0.15) is 5.10 Å². The topological polar surface area (TPSA) is 114 Å². The zero-order chi connectivity index (χ0) is 70.8. The lowest BCUT2D eigenvalue weighted by Gasteiger charge is -2.37. The largest absolute Gasteiger partial charge is 1.00 e. The lowest BCUT2D eigenvalue weighted by atomic mass is 9.77. The Bertz CT molecular complexity index is 4540. The minimum atomic E-state index is -0.740. The van der Waals surface area contributed by atoms with Crippen LogP contribution in [-0.2, 0) is 21.6 Å². The fourth-order valence-corrected chi connectivity index (χ4v) is 15.4. The number of hydrogen-bond acceptors (Lipinski definition) is 11. The Morgan fingerprint density at radius 1 is 0.577 bits per heavy atom. The molecule has 8 aliphatic rings. The summed E-state index contributed by atoms with van der Waals surface area (Å²) in [6.45, 7) is 27.0. The second-order valence-electron chi connectivity index (χ2n) is 30.5. The third-order valence-electron chi connectivity index (χ3n) is 21.4. The van der Waals surface area contributed by atoms with Gasteiger partial charge in [-0.1, -0.05) is 200 Å². The monoisotopic (exact) mass is 1430 g/mol. The number of benzene rings is 7. The molecule has 1 N–H and O–H groups in total. The van der Waals surface area contributed by atoms with E-state index in [0.29, 0.717) is 46.6 Å². The van der Waals surface area contributed by atoms with Crippen LogP contribution in [0.5, 0.6) is 11.5 Å². The molecule has 4 aliphatic carbocycles. The Hall–Kier alpha value is -8.69. The van der Waals surface area contributed by atoms with Crippen molar-refractivity contribution in [3.63, 3.8) is 0 Å². The summed E-state index contributed by atoms with van der Waals surface area (Å²) in [5, 5.41) is 10.2. The molecule has 13 nitrogen and oxygen atoms in total. The quantitative estimate of drug-likeness (QED) is 0.0537. The van der Waals surface area contributed by atoms with Crippen molar-refractivity contribution in [3.8, 4) is 22.8 Å². The highest BCUT2D eigenvalue weighted by Crippen LogP contribution is 2.47. The Kier molecular flexibility index (Phi) is 21.7. The first-order chi connectivity index (χ1) is 50.1. The van der Waals surface area contributed by atoms with Crippen molar-refractivity contribution in [3.05, 3.63) is 261 Å². The SMILES string of the molecule is C1COC2(CC2)CN1.CC(C)c1cccc(C(C)C)c1N1C=[N+](c2c(C(C)C)cccc2C(C)C)CC1.Clc1cc(-c2nn(C(c3ccccc3)(c3ccccc3)c3ccccc3)c3ccc(OC4CC4)cc23)ccn1.[Cl-].c1cc(C2=NCc3ccc(OC4CC4)cc32)cc(N2CCOC3(CC3)C2)n1. The Morgan fingerprint density at radius 2 is 1.13 bits per heavy atom. The highest BCUT2D eigenvalue weighted by Gasteiger charge is 2.48. The summed E-state index contributed by atoms with van der Waals surface area (Å²) in [7, 11) is 0. The van der Waals surface area contributed by atoms with Gasteiger partial charge < -0.3 is 41.6 Å². The molecule has 15 heteroatoms. The number of aliphatic imine (C=N–C) groups is 1. The van der Waals surface area contributed by atoms with E-state index in [1.807, 2.05) is 18.3 Å². The van der Waals surface area contributed by atoms with Crippen LogP contribution in [0.15, 0.2) is 205 Å². The second kappa shape index (κ2) is 31.2. The van der Waals surface area contributed by atoms with Gasteiger partial charge in [0, 0.05) is 82.9 Å². The van der Waals surface area contributed by atoms with E-state index in [1.54, 1.807) is 6.20 Å². The summed E-state index contributed by atoms with van der Waals surface area (Å²) < 4.78 is 28.4. The van der Waals surface area contributed by atoms with Crippen LogP contribution in [0.4, 0.5) is 17.2 Å². The number of rotatable bonds is 17. The zero-order valence-corrected chi connectivity index (χ0v) is 63.1. The van der Waals surface area contributed by atoms with Gasteiger partial charge in [0.2, 0.25) is 6.34 Å². The molecule has 7 aromatic carbocycles. The molecule has 2 saturated heterocycles. The fraction of sp³-hybridized carbons (Fsp3) is 0.382. The van der Waals surface area contributed by atoms with Crippen LogP contribution >= 0.6 is 11.6 Å². The van der Waals surface area contributed by atoms with Crippen molar-refractivity contribution in [2.24, 2.45) is 4.99 Å². The number of pyridine rings is 2. The van der Waals surface area contributed by atoms with Crippen molar-refractivity contribution >= 4 is 51.7 Å². The Labute approximate surface area is 626 Å². The highest BCUT2D eigenvalue weighted by atomic mass is 35.5. The average molecular weight is 1430 g/mol. The third kappa shape index (κ3) is 15.7. The maximum atomic E-state index is 6.37. The maximum Gasteiger partial charge on any atom is 0.244 e. The predicted molar refractivity (Wildman–Crippen MR) is 418 cm³/mol. The molecule has 7 heterocycles. The summed E-state index contributed by atoms with van der Waals surface area (Å²) in [4.78, 5) is 18.6. The van der Waals surface area contributed by atoms with Gasteiger partial charge in [0.15, 0.2) is 0 Å². The highest BCUT2D eigenvalue weighted by molar-refractivity contribution is 6.29. The van der Waals surface area contributed by atoms with E-state index in [4.69, 9.17) is 40.6 Å². The number of morpholine rings is 2. The molecule has 104 heavy (non-hydrogen) atoms. The molecule has 4 aliphatic heterocycles. The van der Waals surface area contributed by atoms with Crippen molar-refractivity contribution in [1.29, 1.82) is 0 Å². The molecule has 0 unspecified atom stereocenters. The van der Waals surface area contributed by atoms with E-state index in [9.17, 15) is 0 Å². The number of nitrogens with zero attached hydrogens (tertiary/aromatic N) is 8. The van der Waals surface area contributed by atoms with Gasteiger partial charge >= 0.3 is 0 Å². The standard InChI is InChI=1S/C34H26ClN3O.C27H39N2.C22H23N3O2.C6H11NO.ClH/c35-32-22-24(20-21-36-32)33-30-23-29(39-28-16-17-28)18-19-31(30)38(37-33)34(25-10-4-1-5-11-25,26-12-6-2-7-13-26)27-14-8-3-9-15-27;1-18(2)22-11-9-12-23(19(3)4)26(22)28-15-16-29(17-28)27-24(20(5)6)13-10-14-25(27)21(7)8;1-2-18(27-17-3-4-17)12-19-16(1)13-24-21(19)15-5-8-23-20(11-15)25-9-10-26-22(14-25)6-7-22;1-2-6(1)5-7-3-4-8-6;/h1-15,18-23,28H,16-17H2;9-14,17-21H,15-16H2,1-8H3;1-2,5,8,11-12,17H,3-4,6-7,9-10,13-14H2;7H,1-5H2;1H/q;+1;;;/p-1. The van der Waals surface area contributed by atoms with Crippen LogP contribution in [0.25, 0.3) is 22.2 Å². The Morgan fingerprint density at radius 3 is 1.68 bits per heavy atom. The first-order valence-corrected chi connectivity index (χ1v) is 38.2. The van der Waals surface area contributed by atoms with Gasteiger partial charge in [-0.25, -0.2) is 24.1 Å². The summed E-state index contributed by atoms with van der Waals surface area (Å²) in [5.41, 5.74) is 19.1. The number of anilines is 2. The number of halogens is 2. The molecule has 6 fully saturated rings. The van der Waals surface area contributed by atoms with E-state index in [2.05, 4.69) is 272 Å². The van der Waals surface area contributed by atoms with E-state index < -0.39 is 5.54 Å². The van der Waals surface area contributed by atoms with Crippen LogP contribution in [0, 0.1) is 0 Å². The minimum Gasteiger partial charge on any atom is -1.00 e. The summed E-state index contributed by atoms with van der Waals surface area (Å²) in [6, 6.07) is 66.3. The number of hydrogen-bond donors (Lipinski definition) is 1. The molecule has 0 radical (unpaired) electrons.